The molecule has 0 spiro atoms. The summed E-state index contributed by atoms with van der Waals surface area (Å²) in [7, 11) is 1.73. The first-order chi connectivity index (χ1) is 8.02. The molecule has 2 aromatic rings. The van der Waals surface area contributed by atoms with Crippen molar-refractivity contribution in [3.8, 4) is 0 Å². The Morgan fingerprint density at radius 3 is 2.82 bits per heavy atom. The number of aryl methyl sites for hydroxylation is 1. The lowest BCUT2D eigenvalue weighted by Crippen LogP contribution is -2.07. The van der Waals surface area contributed by atoms with Gasteiger partial charge in [0.2, 0.25) is 0 Å². The van der Waals surface area contributed by atoms with Crippen LogP contribution in [-0.2, 0) is 7.05 Å². The Morgan fingerprint density at radius 2 is 2.24 bits per heavy atom. The maximum Gasteiger partial charge on any atom is 0.149 e. The summed E-state index contributed by atoms with van der Waals surface area (Å²) in [6.45, 7) is 0. The molecule has 0 aliphatic carbocycles. The smallest absolute Gasteiger partial charge is 0.149 e. The molecule has 1 aromatic heterocycles. The molecule has 17 heavy (non-hydrogen) atoms. The van der Waals surface area contributed by atoms with Gasteiger partial charge in [-0.2, -0.15) is 0 Å². The first kappa shape index (κ1) is 12.5. The zero-order chi connectivity index (χ0) is 12.6. The highest BCUT2D eigenvalue weighted by Gasteiger charge is 2.20. The molecule has 2 rings (SSSR count). The molecule has 0 radical (unpaired) electrons. The van der Waals surface area contributed by atoms with Crippen molar-refractivity contribution in [2.75, 3.05) is 0 Å². The van der Waals surface area contributed by atoms with E-state index in [1.165, 1.54) is 18.6 Å². The fourth-order valence-corrected chi connectivity index (χ4v) is 2.02. The van der Waals surface area contributed by atoms with Gasteiger partial charge in [-0.3, -0.25) is 0 Å². The van der Waals surface area contributed by atoms with Crippen molar-refractivity contribution in [3.05, 3.63) is 51.2 Å². The van der Waals surface area contributed by atoms with Crippen molar-refractivity contribution >= 4 is 27.5 Å². The number of nitrogens with zero attached hydrogens (tertiary/aromatic N) is 2. The van der Waals surface area contributed by atoms with Crippen molar-refractivity contribution in [2.45, 2.75) is 6.10 Å². The van der Waals surface area contributed by atoms with Gasteiger partial charge in [0.15, 0.2) is 0 Å². The molecule has 0 fully saturated rings. The van der Waals surface area contributed by atoms with Crippen LogP contribution in [0.3, 0.4) is 0 Å². The second-order valence-corrected chi connectivity index (χ2v) is 4.83. The van der Waals surface area contributed by atoms with Crippen LogP contribution in [0.25, 0.3) is 0 Å². The van der Waals surface area contributed by atoms with Gasteiger partial charge in [0, 0.05) is 17.1 Å². The first-order valence-electron chi connectivity index (χ1n) is 4.80. The fourth-order valence-electron chi connectivity index (χ4n) is 1.54. The van der Waals surface area contributed by atoms with Crippen LogP contribution in [0.1, 0.15) is 17.4 Å². The summed E-state index contributed by atoms with van der Waals surface area (Å²) in [6.07, 6.45) is 1.94. The highest BCUT2D eigenvalue weighted by Crippen LogP contribution is 2.32. The number of halogens is 3. The Bertz CT molecular complexity index is 558. The molecule has 90 valence electrons. The second-order valence-electron chi connectivity index (χ2n) is 3.60. The predicted molar refractivity (Wildman–Crippen MR) is 66.4 cm³/mol. The van der Waals surface area contributed by atoms with E-state index in [-0.39, 0.29) is 10.6 Å². The van der Waals surface area contributed by atoms with E-state index in [4.69, 9.17) is 11.6 Å². The molecule has 0 saturated heterocycles. The summed E-state index contributed by atoms with van der Waals surface area (Å²) in [5, 5.41) is 10.0. The van der Waals surface area contributed by atoms with E-state index in [1.54, 1.807) is 17.7 Å². The number of imidazole rings is 1. The summed E-state index contributed by atoms with van der Waals surface area (Å²) in [5.41, 5.74) is 0.629. The topological polar surface area (TPSA) is 38.0 Å². The Balaban J connectivity index is 2.48. The average molecular weight is 320 g/mol. The molecular formula is C11H9BrClFN2O. The van der Waals surface area contributed by atoms with Crippen LogP contribution in [0.4, 0.5) is 4.39 Å². The van der Waals surface area contributed by atoms with Gasteiger partial charge in [-0.25, -0.2) is 9.37 Å². The van der Waals surface area contributed by atoms with E-state index >= 15 is 0 Å². The maximum atomic E-state index is 13.9. The number of rotatable bonds is 2. The van der Waals surface area contributed by atoms with E-state index in [1.807, 2.05) is 0 Å². The normalized spacial score (nSPS) is 12.8. The van der Waals surface area contributed by atoms with Crippen molar-refractivity contribution in [1.29, 1.82) is 0 Å². The minimum absolute atomic E-state index is 0.0382. The van der Waals surface area contributed by atoms with Crippen LogP contribution < -0.4 is 0 Å². The van der Waals surface area contributed by atoms with Gasteiger partial charge in [-0.15, -0.1) is 0 Å². The van der Waals surface area contributed by atoms with Crippen molar-refractivity contribution in [2.24, 2.45) is 7.05 Å². The van der Waals surface area contributed by atoms with Crippen LogP contribution in [0.5, 0.6) is 0 Å². The molecular weight excluding hydrogens is 310 g/mol. The highest BCUT2D eigenvalue weighted by atomic mass is 79.9. The lowest BCUT2D eigenvalue weighted by Gasteiger charge is -2.13. The summed E-state index contributed by atoms with van der Waals surface area (Å²) in [4.78, 5) is 3.88. The maximum absolute atomic E-state index is 13.9. The van der Waals surface area contributed by atoms with Crippen LogP contribution in [0, 0.1) is 5.82 Å². The third-order valence-corrected chi connectivity index (χ3v) is 3.75. The number of hydrogen-bond donors (Lipinski definition) is 1. The fraction of sp³-hybridized carbons (Fsp3) is 0.182. The molecule has 0 aliphatic rings. The number of hydrogen-bond acceptors (Lipinski definition) is 2. The zero-order valence-electron chi connectivity index (χ0n) is 8.86. The molecule has 1 unspecified atom stereocenters. The van der Waals surface area contributed by atoms with Crippen LogP contribution in [-0.4, -0.2) is 14.7 Å². The van der Waals surface area contributed by atoms with E-state index in [2.05, 4.69) is 20.9 Å². The SMILES string of the molecule is Cn1cncc1C(O)c1ccc(Br)c(Cl)c1F. The summed E-state index contributed by atoms with van der Waals surface area (Å²) in [6, 6.07) is 3.09. The van der Waals surface area contributed by atoms with E-state index in [9.17, 15) is 9.50 Å². The van der Waals surface area contributed by atoms with E-state index < -0.39 is 11.9 Å². The number of aliphatic hydroxyl groups excluding tert-OH is 1. The molecule has 3 nitrogen and oxygen atoms in total. The largest absolute Gasteiger partial charge is 0.382 e. The minimum atomic E-state index is -1.09. The van der Waals surface area contributed by atoms with Gasteiger partial charge in [0.05, 0.1) is 23.2 Å². The van der Waals surface area contributed by atoms with Gasteiger partial charge < -0.3 is 9.67 Å². The van der Waals surface area contributed by atoms with E-state index in [0.717, 1.165) is 0 Å². The summed E-state index contributed by atoms with van der Waals surface area (Å²) in [5.74, 6) is -0.630. The highest BCUT2D eigenvalue weighted by molar-refractivity contribution is 9.10. The number of aliphatic hydroxyl groups is 1. The minimum Gasteiger partial charge on any atom is -0.382 e. The quantitative estimate of drug-likeness (QED) is 0.864. The van der Waals surface area contributed by atoms with Crippen LogP contribution >= 0.6 is 27.5 Å². The monoisotopic (exact) mass is 318 g/mol. The van der Waals surface area contributed by atoms with E-state index in [0.29, 0.717) is 10.2 Å². The standard InChI is InChI=1S/C11H9BrClFN2O/c1-16-5-15-4-8(16)11(17)6-2-3-7(12)9(13)10(6)14/h2-5,11,17H,1H3. The predicted octanol–water partition coefficient (Wildman–Crippen LogP) is 3.06. The van der Waals surface area contributed by atoms with Gasteiger partial charge in [-0.05, 0) is 22.0 Å². The van der Waals surface area contributed by atoms with Gasteiger partial charge >= 0.3 is 0 Å². The van der Waals surface area contributed by atoms with Gasteiger partial charge in [0.25, 0.3) is 0 Å². The third kappa shape index (κ3) is 2.22. The van der Waals surface area contributed by atoms with Crippen molar-refractivity contribution < 1.29 is 9.50 Å². The Labute approximate surface area is 111 Å². The molecule has 6 heteroatoms. The van der Waals surface area contributed by atoms with Gasteiger partial charge in [0.1, 0.15) is 11.9 Å². The number of aromatic nitrogens is 2. The lowest BCUT2D eigenvalue weighted by molar-refractivity contribution is 0.206. The molecule has 1 atom stereocenters. The average Bonchev–Trinajstić information content (AvgIpc) is 2.72. The van der Waals surface area contributed by atoms with Gasteiger partial charge in [-0.1, -0.05) is 17.7 Å². The second kappa shape index (κ2) is 4.76. The van der Waals surface area contributed by atoms with Crippen LogP contribution in [0.2, 0.25) is 5.02 Å². The van der Waals surface area contributed by atoms with Crippen molar-refractivity contribution in [1.82, 2.24) is 9.55 Å². The molecule has 0 saturated carbocycles. The molecule has 0 bridgehead atoms. The molecule has 1 heterocycles. The zero-order valence-corrected chi connectivity index (χ0v) is 11.2. The lowest BCUT2D eigenvalue weighted by atomic mass is 10.1. The number of benzene rings is 1. The summed E-state index contributed by atoms with van der Waals surface area (Å²) >= 11 is 8.89. The first-order valence-corrected chi connectivity index (χ1v) is 5.97. The van der Waals surface area contributed by atoms with Crippen LogP contribution in [0.15, 0.2) is 29.1 Å². The third-order valence-electron chi connectivity index (χ3n) is 2.49. The molecule has 1 aromatic carbocycles. The Hall–Kier alpha value is -0.910. The molecule has 0 amide bonds. The van der Waals surface area contributed by atoms with Crippen molar-refractivity contribution in [3.63, 3.8) is 0 Å². The molecule has 0 aliphatic heterocycles. The Kier molecular flexibility index (Phi) is 3.51. The Morgan fingerprint density at radius 1 is 1.53 bits per heavy atom. The summed E-state index contributed by atoms with van der Waals surface area (Å²) < 4.78 is 16.0. The molecule has 1 N–H and O–H groups in total.